The van der Waals surface area contributed by atoms with Crippen LogP contribution in [-0.2, 0) is 9.59 Å². The summed E-state index contributed by atoms with van der Waals surface area (Å²) in [5, 5.41) is 18.0. The van der Waals surface area contributed by atoms with Crippen molar-refractivity contribution < 1.29 is 14.4 Å². The Balaban J connectivity index is 1.72. The number of nitriles is 1. The zero-order valence-electron chi connectivity index (χ0n) is 18.3. The molecule has 1 aliphatic heterocycles. The third-order valence-corrected chi connectivity index (χ3v) is 5.49. The van der Waals surface area contributed by atoms with Crippen molar-refractivity contribution in [1.29, 1.82) is 5.26 Å². The second-order valence-electron chi connectivity index (χ2n) is 9.24. The van der Waals surface area contributed by atoms with Gasteiger partial charge in [0.1, 0.15) is 22.9 Å². The van der Waals surface area contributed by atoms with Gasteiger partial charge in [-0.3, -0.25) is 14.4 Å². The van der Waals surface area contributed by atoms with E-state index >= 15 is 0 Å². The van der Waals surface area contributed by atoms with Crippen LogP contribution in [0.3, 0.4) is 0 Å². The molecule has 1 saturated heterocycles. The minimum Gasteiger partial charge on any atom is -0.356 e. The Bertz CT molecular complexity index is 1070. The maximum Gasteiger partial charge on any atom is 0.268 e. The Morgan fingerprint density at radius 1 is 1.34 bits per heavy atom. The lowest BCUT2D eigenvalue weighted by atomic mass is 9.87. The van der Waals surface area contributed by atoms with Gasteiger partial charge in [-0.25, -0.2) is 4.98 Å². The fraction of sp³-hybridized carbons (Fsp3) is 0.500. The van der Waals surface area contributed by atoms with Crippen molar-refractivity contribution in [2.75, 3.05) is 6.54 Å². The normalized spacial score (nSPS) is 18.0. The van der Waals surface area contributed by atoms with E-state index in [1.54, 1.807) is 18.2 Å². The molecule has 1 aliphatic rings. The lowest BCUT2D eigenvalue weighted by Gasteiger charge is -2.27. The highest BCUT2D eigenvalue weighted by Crippen LogP contribution is 2.22. The van der Waals surface area contributed by atoms with Crippen molar-refractivity contribution in [2.45, 2.75) is 52.1 Å². The molecule has 9 nitrogen and oxygen atoms in total. The van der Waals surface area contributed by atoms with Crippen LogP contribution in [-0.4, -0.2) is 46.3 Å². The molecule has 3 amide bonds. The quantitative estimate of drug-likeness (QED) is 0.471. The van der Waals surface area contributed by atoms with Gasteiger partial charge in [0.25, 0.3) is 5.91 Å². The summed E-state index contributed by atoms with van der Waals surface area (Å²) in [6.45, 7) is 6.44. The van der Waals surface area contributed by atoms with E-state index in [0.29, 0.717) is 35.6 Å². The number of rotatable bonds is 7. The zero-order valence-corrected chi connectivity index (χ0v) is 19.0. The van der Waals surface area contributed by atoms with Crippen LogP contribution in [0.4, 0.5) is 0 Å². The second kappa shape index (κ2) is 9.57. The number of hydrogen-bond acceptors (Lipinski definition) is 5. The number of fused-ring (bicyclic) bond motifs is 1. The molecule has 3 rings (SSSR count). The molecule has 10 heteroatoms. The van der Waals surface area contributed by atoms with Crippen LogP contribution in [0.1, 0.15) is 50.5 Å². The van der Waals surface area contributed by atoms with Gasteiger partial charge in [0.15, 0.2) is 0 Å². The first-order valence-electron chi connectivity index (χ1n) is 10.5. The first kappa shape index (κ1) is 23.5. The standard InChI is InChI=1S/C22H27ClN6O3/c1-22(2,3)10-17(21(32)26-13(11-24)8-12-6-7-25-19(12)30)29-20(31)16-9-15-14(27-16)4-5-18(23)28-15/h4-5,9,12-13,17,27H,6-8,10H2,1-3H3,(H,25,30)(H,26,32)(H,29,31)/t12-,13-,17-/m0/s1. The van der Waals surface area contributed by atoms with E-state index in [-0.39, 0.29) is 29.4 Å². The number of nitrogens with one attached hydrogen (secondary N) is 4. The van der Waals surface area contributed by atoms with Crippen LogP contribution in [0.15, 0.2) is 18.2 Å². The highest BCUT2D eigenvalue weighted by atomic mass is 35.5. The van der Waals surface area contributed by atoms with E-state index in [4.69, 9.17) is 11.6 Å². The van der Waals surface area contributed by atoms with Crippen molar-refractivity contribution in [3.8, 4) is 6.07 Å². The summed E-state index contributed by atoms with van der Waals surface area (Å²) in [6.07, 6.45) is 1.23. The molecule has 2 aromatic heterocycles. The number of H-pyrrole nitrogens is 1. The molecule has 0 aromatic carbocycles. The third kappa shape index (κ3) is 5.98. The molecular weight excluding hydrogens is 432 g/mol. The summed E-state index contributed by atoms with van der Waals surface area (Å²) in [5.41, 5.74) is 1.17. The first-order valence-corrected chi connectivity index (χ1v) is 10.9. The summed E-state index contributed by atoms with van der Waals surface area (Å²) in [7, 11) is 0. The Morgan fingerprint density at radius 3 is 2.72 bits per heavy atom. The SMILES string of the molecule is CC(C)(C)C[C@H](NC(=O)c1cc2nc(Cl)ccc2[nH]1)C(=O)N[C@H](C#N)C[C@@H]1CCNC1=O. The Kier molecular flexibility index (Phi) is 7.04. The number of carbonyl (C=O) groups excluding carboxylic acids is 3. The van der Waals surface area contributed by atoms with Crippen molar-refractivity contribution in [1.82, 2.24) is 25.9 Å². The van der Waals surface area contributed by atoms with Crippen LogP contribution < -0.4 is 16.0 Å². The molecule has 32 heavy (non-hydrogen) atoms. The molecule has 4 N–H and O–H groups in total. The minimum absolute atomic E-state index is 0.105. The first-order chi connectivity index (χ1) is 15.1. The molecule has 0 bridgehead atoms. The number of amides is 3. The Hall–Kier alpha value is -3.12. The summed E-state index contributed by atoms with van der Waals surface area (Å²) < 4.78 is 0. The highest BCUT2D eigenvalue weighted by Gasteiger charge is 2.31. The molecule has 1 fully saturated rings. The Labute approximate surface area is 191 Å². The fourth-order valence-corrected chi connectivity index (χ4v) is 3.89. The van der Waals surface area contributed by atoms with Gasteiger partial charge in [-0.2, -0.15) is 5.26 Å². The number of pyridine rings is 1. The molecule has 170 valence electrons. The lowest BCUT2D eigenvalue weighted by molar-refractivity contribution is -0.125. The number of halogens is 1. The minimum atomic E-state index is -0.862. The largest absolute Gasteiger partial charge is 0.356 e. The van der Waals surface area contributed by atoms with Crippen LogP contribution in [0, 0.1) is 22.7 Å². The maximum atomic E-state index is 13.0. The van der Waals surface area contributed by atoms with Gasteiger partial charge >= 0.3 is 0 Å². The van der Waals surface area contributed by atoms with Crippen molar-refractivity contribution in [3.05, 3.63) is 29.0 Å². The van der Waals surface area contributed by atoms with Gasteiger partial charge in [-0.05, 0) is 42.9 Å². The fourth-order valence-electron chi connectivity index (χ4n) is 3.73. The molecule has 3 atom stereocenters. The van der Waals surface area contributed by atoms with Gasteiger partial charge in [0.2, 0.25) is 11.8 Å². The number of aromatic nitrogens is 2. The van der Waals surface area contributed by atoms with Crippen LogP contribution in [0.2, 0.25) is 5.15 Å². The Morgan fingerprint density at radius 2 is 2.09 bits per heavy atom. The molecule has 0 saturated carbocycles. The maximum absolute atomic E-state index is 13.0. The number of aromatic amines is 1. The predicted octanol–water partition coefficient (Wildman–Crippen LogP) is 2.29. The molecule has 3 heterocycles. The molecular formula is C22H27ClN6O3. The van der Waals surface area contributed by atoms with E-state index in [0.717, 1.165) is 0 Å². The van der Waals surface area contributed by atoms with Gasteiger partial charge in [0.05, 0.1) is 17.1 Å². The number of nitrogens with zero attached hydrogens (tertiary/aromatic N) is 2. The number of carbonyl (C=O) groups is 3. The molecule has 0 unspecified atom stereocenters. The lowest BCUT2D eigenvalue weighted by Crippen LogP contribution is -2.51. The van der Waals surface area contributed by atoms with Crippen molar-refractivity contribution >= 4 is 40.4 Å². The topological polar surface area (TPSA) is 140 Å². The van der Waals surface area contributed by atoms with Gasteiger partial charge < -0.3 is 20.9 Å². The molecule has 0 radical (unpaired) electrons. The van der Waals surface area contributed by atoms with E-state index in [2.05, 4.69) is 32.0 Å². The zero-order chi connectivity index (χ0) is 23.5. The van der Waals surface area contributed by atoms with Crippen LogP contribution in [0.25, 0.3) is 11.0 Å². The van der Waals surface area contributed by atoms with E-state index in [1.165, 1.54) is 0 Å². The third-order valence-electron chi connectivity index (χ3n) is 5.28. The molecule has 0 spiro atoms. The van der Waals surface area contributed by atoms with Crippen LogP contribution >= 0.6 is 11.6 Å². The van der Waals surface area contributed by atoms with Gasteiger partial charge in [-0.1, -0.05) is 32.4 Å². The molecule has 0 aliphatic carbocycles. The summed E-state index contributed by atoms with van der Waals surface area (Å²) >= 11 is 5.91. The van der Waals surface area contributed by atoms with E-state index < -0.39 is 23.9 Å². The average Bonchev–Trinajstić information content (AvgIpc) is 3.31. The summed E-state index contributed by atoms with van der Waals surface area (Å²) in [6, 6.07) is 5.27. The van der Waals surface area contributed by atoms with Crippen LogP contribution in [0.5, 0.6) is 0 Å². The van der Waals surface area contributed by atoms with E-state index in [1.807, 2.05) is 20.8 Å². The highest BCUT2D eigenvalue weighted by molar-refractivity contribution is 6.29. The molecule has 2 aromatic rings. The predicted molar refractivity (Wildman–Crippen MR) is 120 cm³/mol. The second-order valence-corrected chi connectivity index (χ2v) is 9.63. The summed E-state index contributed by atoms with van der Waals surface area (Å²) in [5.74, 6) is -1.34. The smallest absolute Gasteiger partial charge is 0.268 e. The number of hydrogen-bond donors (Lipinski definition) is 4. The van der Waals surface area contributed by atoms with Crippen molar-refractivity contribution in [2.24, 2.45) is 11.3 Å². The summed E-state index contributed by atoms with van der Waals surface area (Å²) in [4.78, 5) is 44.8. The average molecular weight is 459 g/mol. The van der Waals surface area contributed by atoms with Gasteiger partial charge in [0, 0.05) is 12.5 Å². The van der Waals surface area contributed by atoms with Gasteiger partial charge in [-0.15, -0.1) is 0 Å². The monoisotopic (exact) mass is 458 g/mol. The van der Waals surface area contributed by atoms with E-state index in [9.17, 15) is 19.6 Å². The van der Waals surface area contributed by atoms with Crippen molar-refractivity contribution in [3.63, 3.8) is 0 Å².